The molecule has 0 fully saturated rings. The monoisotopic (exact) mass is 269 g/mol. The molecule has 0 aliphatic rings. The van der Waals surface area contributed by atoms with E-state index < -0.39 is 0 Å². The molecule has 0 unspecified atom stereocenters. The van der Waals surface area contributed by atoms with Crippen molar-refractivity contribution in [3.8, 4) is 0 Å². The van der Waals surface area contributed by atoms with Crippen LogP contribution in [0.15, 0.2) is 54.6 Å². The number of hydrogen-bond donors (Lipinski definition) is 1. The Balaban J connectivity index is 2.00. The van der Waals surface area contributed by atoms with Crippen molar-refractivity contribution in [2.45, 2.75) is 26.4 Å². The standard InChI is InChI=1S/C18H23NO/c1-2-16-8-10-18(11-9-16)15-19(12-13-20)14-17-6-4-3-5-7-17/h3-11,20H,2,12-15H2,1H3. The number of hydrogen-bond acceptors (Lipinski definition) is 2. The molecule has 1 N–H and O–H groups in total. The summed E-state index contributed by atoms with van der Waals surface area (Å²) in [6.07, 6.45) is 1.07. The third-order valence-electron chi connectivity index (χ3n) is 3.50. The van der Waals surface area contributed by atoms with Crippen molar-refractivity contribution in [3.63, 3.8) is 0 Å². The van der Waals surface area contributed by atoms with Gasteiger partial charge in [0.05, 0.1) is 6.61 Å². The second-order valence-corrected chi connectivity index (χ2v) is 5.09. The molecule has 2 heteroatoms. The minimum atomic E-state index is 0.194. The predicted octanol–water partition coefficient (Wildman–Crippen LogP) is 3.24. The zero-order valence-corrected chi connectivity index (χ0v) is 12.1. The lowest BCUT2D eigenvalue weighted by Crippen LogP contribution is -2.26. The third-order valence-corrected chi connectivity index (χ3v) is 3.50. The summed E-state index contributed by atoms with van der Waals surface area (Å²) in [5, 5.41) is 9.23. The maximum Gasteiger partial charge on any atom is 0.0558 e. The van der Waals surface area contributed by atoms with Gasteiger partial charge in [0.15, 0.2) is 0 Å². The molecule has 0 aromatic heterocycles. The van der Waals surface area contributed by atoms with Crippen molar-refractivity contribution in [1.82, 2.24) is 4.90 Å². The van der Waals surface area contributed by atoms with Gasteiger partial charge in [0.1, 0.15) is 0 Å². The predicted molar refractivity (Wildman–Crippen MR) is 83.5 cm³/mol. The Morgan fingerprint density at radius 1 is 0.800 bits per heavy atom. The van der Waals surface area contributed by atoms with E-state index in [-0.39, 0.29) is 6.61 Å². The summed E-state index contributed by atoms with van der Waals surface area (Å²) in [5.41, 5.74) is 3.95. The Morgan fingerprint density at radius 3 is 1.90 bits per heavy atom. The summed E-state index contributed by atoms with van der Waals surface area (Å²) < 4.78 is 0. The van der Waals surface area contributed by atoms with Gasteiger partial charge >= 0.3 is 0 Å². The summed E-state index contributed by atoms with van der Waals surface area (Å²) in [5.74, 6) is 0. The van der Waals surface area contributed by atoms with Crippen LogP contribution in [0.4, 0.5) is 0 Å². The lowest BCUT2D eigenvalue weighted by atomic mass is 10.1. The lowest BCUT2D eigenvalue weighted by Gasteiger charge is -2.21. The van der Waals surface area contributed by atoms with E-state index in [4.69, 9.17) is 0 Å². The van der Waals surface area contributed by atoms with Crippen LogP contribution >= 0.6 is 0 Å². The van der Waals surface area contributed by atoms with E-state index in [0.29, 0.717) is 6.54 Å². The van der Waals surface area contributed by atoms with E-state index in [1.54, 1.807) is 0 Å². The number of rotatable bonds is 7. The van der Waals surface area contributed by atoms with Gasteiger partial charge < -0.3 is 5.11 Å². The highest BCUT2D eigenvalue weighted by Gasteiger charge is 2.06. The van der Waals surface area contributed by atoms with Crippen molar-refractivity contribution in [2.75, 3.05) is 13.2 Å². The molecule has 106 valence electrons. The molecule has 2 rings (SSSR count). The number of aliphatic hydroxyl groups excluding tert-OH is 1. The molecule has 2 aromatic rings. The number of nitrogens with zero attached hydrogens (tertiary/aromatic N) is 1. The SMILES string of the molecule is CCc1ccc(CN(CCO)Cc2ccccc2)cc1. The van der Waals surface area contributed by atoms with Gasteiger partial charge in [-0.15, -0.1) is 0 Å². The van der Waals surface area contributed by atoms with E-state index in [2.05, 4.69) is 60.4 Å². The molecular formula is C18H23NO. The zero-order valence-electron chi connectivity index (χ0n) is 12.1. The normalized spacial score (nSPS) is 10.9. The summed E-state index contributed by atoms with van der Waals surface area (Å²) in [6, 6.07) is 19.2. The van der Waals surface area contributed by atoms with Crippen LogP contribution in [0, 0.1) is 0 Å². The molecule has 0 aliphatic carbocycles. The van der Waals surface area contributed by atoms with E-state index in [9.17, 15) is 5.11 Å². The van der Waals surface area contributed by atoms with Gasteiger partial charge in [0.25, 0.3) is 0 Å². The van der Waals surface area contributed by atoms with Crippen molar-refractivity contribution >= 4 is 0 Å². The highest BCUT2D eigenvalue weighted by Crippen LogP contribution is 2.11. The molecule has 0 spiro atoms. The molecule has 0 heterocycles. The third kappa shape index (κ3) is 4.48. The molecule has 0 amide bonds. The summed E-state index contributed by atoms with van der Waals surface area (Å²) in [6.45, 7) is 4.81. The van der Waals surface area contributed by atoms with Gasteiger partial charge in [-0.05, 0) is 23.1 Å². The van der Waals surface area contributed by atoms with Gasteiger partial charge in [0.2, 0.25) is 0 Å². The molecule has 0 saturated heterocycles. The van der Waals surface area contributed by atoms with E-state index >= 15 is 0 Å². The molecule has 20 heavy (non-hydrogen) atoms. The van der Waals surface area contributed by atoms with E-state index in [1.165, 1.54) is 16.7 Å². The minimum absolute atomic E-state index is 0.194. The molecule has 2 aromatic carbocycles. The number of aliphatic hydroxyl groups is 1. The Kier molecular flexibility index (Phi) is 5.78. The summed E-state index contributed by atoms with van der Waals surface area (Å²) in [7, 11) is 0. The van der Waals surface area contributed by atoms with Crippen LogP contribution in [-0.2, 0) is 19.5 Å². The molecule has 0 radical (unpaired) electrons. The Labute approximate surface area is 121 Å². The molecule has 0 saturated carbocycles. The second kappa shape index (κ2) is 7.83. The first kappa shape index (κ1) is 14.8. The van der Waals surface area contributed by atoms with Crippen molar-refractivity contribution in [1.29, 1.82) is 0 Å². The maximum absolute atomic E-state index is 9.23. The van der Waals surface area contributed by atoms with Crippen LogP contribution in [0.3, 0.4) is 0 Å². The molecule has 0 bridgehead atoms. The Morgan fingerprint density at radius 2 is 1.35 bits per heavy atom. The largest absolute Gasteiger partial charge is 0.395 e. The van der Waals surface area contributed by atoms with Crippen molar-refractivity contribution < 1.29 is 5.11 Å². The average molecular weight is 269 g/mol. The van der Waals surface area contributed by atoms with E-state index in [0.717, 1.165) is 19.5 Å². The van der Waals surface area contributed by atoms with Gasteiger partial charge in [-0.2, -0.15) is 0 Å². The summed E-state index contributed by atoms with van der Waals surface area (Å²) >= 11 is 0. The molecule has 0 aliphatic heterocycles. The quantitative estimate of drug-likeness (QED) is 0.834. The first-order valence-corrected chi connectivity index (χ1v) is 7.26. The topological polar surface area (TPSA) is 23.5 Å². The first-order valence-electron chi connectivity index (χ1n) is 7.26. The first-order chi connectivity index (χ1) is 9.81. The fraction of sp³-hybridized carbons (Fsp3) is 0.333. The number of aryl methyl sites for hydroxylation is 1. The van der Waals surface area contributed by atoms with Crippen molar-refractivity contribution in [3.05, 3.63) is 71.3 Å². The summed E-state index contributed by atoms with van der Waals surface area (Å²) in [4.78, 5) is 2.27. The second-order valence-electron chi connectivity index (χ2n) is 5.09. The molecular weight excluding hydrogens is 246 g/mol. The van der Waals surface area contributed by atoms with Gasteiger partial charge in [-0.1, -0.05) is 61.5 Å². The Hall–Kier alpha value is -1.64. The fourth-order valence-corrected chi connectivity index (χ4v) is 2.34. The van der Waals surface area contributed by atoms with Gasteiger partial charge in [-0.25, -0.2) is 0 Å². The van der Waals surface area contributed by atoms with Crippen LogP contribution in [0.2, 0.25) is 0 Å². The van der Waals surface area contributed by atoms with Crippen LogP contribution in [-0.4, -0.2) is 23.2 Å². The Bertz CT molecular complexity index is 493. The lowest BCUT2D eigenvalue weighted by molar-refractivity contribution is 0.184. The smallest absolute Gasteiger partial charge is 0.0558 e. The van der Waals surface area contributed by atoms with E-state index in [1.807, 2.05) is 6.07 Å². The number of benzene rings is 2. The highest BCUT2D eigenvalue weighted by molar-refractivity contribution is 5.22. The van der Waals surface area contributed by atoms with Crippen LogP contribution in [0.1, 0.15) is 23.6 Å². The van der Waals surface area contributed by atoms with Crippen LogP contribution in [0.5, 0.6) is 0 Å². The average Bonchev–Trinajstić information content (AvgIpc) is 2.49. The van der Waals surface area contributed by atoms with Crippen LogP contribution < -0.4 is 0 Å². The highest BCUT2D eigenvalue weighted by atomic mass is 16.3. The van der Waals surface area contributed by atoms with Crippen LogP contribution in [0.25, 0.3) is 0 Å². The maximum atomic E-state index is 9.23. The fourth-order valence-electron chi connectivity index (χ4n) is 2.34. The van der Waals surface area contributed by atoms with Gasteiger partial charge in [0, 0.05) is 19.6 Å². The molecule has 2 nitrogen and oxygen atoms in total. The molecule has 0 atom stereocenters. The van der Waals surface area contributed by atoms with Gasteiger partial charge in [-0.3, -0.25) is 4.90 Å². The zero-order chi connectivity index (χ0) is 14.2. The minimum Gasteiger partial charge on any atom is -0.395 e. The van der Waals surface area contributed by atoms with Crippen molar-refractivity contribution in [2.24, 2.45) is 0 Å².